The van der Waals surface area contributed by atoms with Gasteiger partial charge in [0, 0.05) is 39.0 Å². The molecule has 0 saturated carbocycles. The van der Waals surface area contributed by atoms with Crippen molar-refractivity contribution in [3.63, 3.8) is 0 Å². The highest BCUT2D eigenvalue weighted by Crippen LogP contribution is 2.30. The first-order chi connectivity index (χ1) is 12.1. The average molecular weight is 348 g/mol. The van der Waals surface area contributed by atoms with E-state index in [1.807, 2.05) is 30.3 Å². The molecule has 3 rings (SSSR count). The van der Waals surface area contributed by atoms with Gasteiger partial charge in [0.15, 0.2) is 5.67 Å². The SMILES string of the molecule is O=C(COCc1ccccc1)N1CCC(F)(C(=O)N2CCCC2)CC1. The van der Waals surface area contributed by atoms with Gasteiger partial charge in [0.25, 0.3) is 5.91 Å². The fourth-order valence-corrected chi connectivity index (χ4v) is 3.45. The van der Waals surface area contributed by atoms with E-state index in [-0.39, 0.29) is 38.4 Å². The van der Waals surface area contributed by atoms with Gasteiger partial charge in [-0.3, -0.25) is 9.59 Å². The number of hydrogen-bond acceptors (Lipinski definition) is 3. The van der Waals surface area contributed by atoms with Crippen LogP contribution in [0.5, 0.6) is 0 Å². The summed E-state index contributed by atoms with van der Waals surface area (Å²) in [6.45, 7) is 2.20. The van der Waals surface area contributed by atoms with Crippen molar-refractivity contribution in [2.24, 2.45) is 0 Å². The quantitative estimate of drug-likeness (QED) is 0.819. The van der Waals surface area contributed by atoms with Crippen LogP contribution in [0.4, 0.5) is 4.39 Å². The number of carbonyl (C=O) groups excluding carboxylic acids is 2. The van der Waals surface area contributed by atoms with Crippen LogP contribution in [0.15, 0.2) is 30.3 Å². The minimum Gasteiger partial charge on any atom is -0.367 e. The summed E-state index contributed by atoms with van der Waals surface area (Å²) >= 11 is 0. The Bertz CT molecular complexity index is 594. The molecule has 0 aliphatic carbocycles. The molecule has 2 aliphatic heterocycles. The smallest absolute Gasteiger partial charge is 0.260 e. The van der Waals surface area contributed by atoms with Gasteiger partial charge >= 0.3 is 0 Å². The van der Waals surface area contributed by atoms with E-state index in [1.165, 1.54) is 0 Å². The Morgan fingerprint density at radius 3 is 2.28 bits per heavy atom. The molecule has 1 aromatic rings. The maximum atomic E-state index is 15.0. The second-order valence-electron chi connectivity index (χ2n) is 6.82. The van der Waals surface area contributed by atoms with Crippen molar-refractivity contribution in [2.45, 2.75) is 38.0 Å². The molecule has 0 bridgehead atoms. The van der Waals surface area contributed by atoms with Gasteiger partial charge in [0.1, 0.15) is 6.61 Å². The van der Waals surface area contributed by atoms with Crippen LogP contribution in [-0.4, -0.2) is 60.1 Å². The molecule has 2 saturated heterocycles. The number of alkyl halides is 1. The van der Waals surface area contributed by atoms with Crippen LogP contribution >= 0.6 is 0 Å². The van der Waals surface area contributed by atoms with E-state index in [2.05, 4.69) is 0 Å². The van der Waals surface area contributed by atoms with E-state index in [9.17, 15) is 14.0 Å². The second-order valence-corrected chi connectivity index (χ2v) is 6.82. The Balaban J connectivity index is 1.43. The van der Waals surface area contributed by atoms with E-state index in [0.717, 1.165) is 18.4 Å². The Kier molecular flexibility index (Phi) is 5.68. The summed E-state index contributed by atoms with van der Waals surface area (Å²) in [6.07, 6.45) is 2.05. The largest absolute Gasteiger partial charge is 0.367 e. The molecule has 0 atom stereocenters. The summed E-state index contributed by atoms with van der Waals surface area (Å²) in [5, 5.41) is 0. The minimum absolute atomic E-state index is 0.0196. The molecule has 0 aromatic heterocycles. The van der Waals surface area contributed by atoms with Crippen LogP contribution in [0.25, 0.3) is 0 Å². The number of rotatable bonds is 5. The molecule has 2 heterocycles. The zero-order valence-electron chi connectivity index (χ0n) is 14.5. The van der Waals surface area contributed by atoms with Crippen LogP contribution in [0.1, 0.15) is 31.2 Å². The predicted molar refractivity (Wildman–Crippen MR) is 91.6 cm³/mol. The lowest BCUT2D eigenvalue weighted by Crippen LogP contribution is -2.53. The molecule has 0 N–H and O–H groups in total. The number of nitrogens with zero attached hydrogens (tertiary/aromatic N) is 2. The van der Waals surface area contributed by atoms with E-state index in [1.54, 1.807) is 9.80 Å². The molecule has 6 heteroatoms. The first kappa shape index (κ1) is 17.9. The van der Waals surface area contributed by atoms with E-state index < -0.39 is 11.6 Å². The summed E-state index contributed by atoms with van der Waals surface area (Å²) in [6, 6.07) is 9.64. The third-order valence-electron chi connectivity index (χ3n) is 5.02. The highest BCUT2D eigenvalue weighted by atomic mass is 19.1. The standard InChI is InChI=1S/C19H25FN2O3/c20-19(18(24)22-10-4-5-11-22)8-12-21(13-9-19)17(23)15-25-14-16-6-2-1-3-7-16/h1-3,6-7H,4-5,8-15H2. The van der Waals surface area contributed by atoms with E-state index in [4.69, 9.17) is 4.74 Å². The second kappa shape index (κ2) is 7.95. The third kappa shape index (κ3) is 4.37. The van der Waals surface area contributed by atoms with Gasteiger partial charge in [-0.05, 0) is 18.4 Å². The van der Waals surface area contributed by atoms with E-state index in [0.29, 0.717) is 19.7 Å². The normalized spacial score (nSPS) is 19.9. The highest BCUT2D eigenvalue weighted by Gasteiger charge is 2.45. The summed E-state index contributed by atoms with van der Waals surface area (Å²) < 4.78 is 20.4. The molecule has 1 aromatic carbocycles. The Morgan fingerprint density at radius 1 is 1.00 bits per heavy atom. The molecule has 136 valence electrons. The molecular weight excluding hydrogens is 323 g/mol. The molecule has 2 fully saturated rings. The lowest BCUT2D eigenvalue weighted by atomic mass is 9.91. The number of ether oxygens (including phenoxy) is 1. The number of halogens is 1. The van der Waals surface area contributed by atoms with Gasteiger partial charge in [-0.1, -0.05) is 30.3 Å². The minimum atomic E-state index is -1.81. The van der Waals surface area contributed by atoms with Crippen LogP contribution < -0.4 is 0 Å². The fourth-order valence-electron chi connectivity index (χ4n) is 3.45. The van der Waals surface area contributed by atoms with Crippen molar-refractivity contribution in [3.05, 3.63) is 35.9 Å². The number of hydrogen-bond donors (Lipinski definition) is 0. The van der Waals surface area contributed by atoms with Gasteiger partial charge in [0.2, 0.25) is 5.91 Å². The van der Waals surface area contributed by atoms with Crippen LogP contribution in [-0.2, 0) is 20.9 Å². The zero-order valence-corrected chi connectivity index (χ0v) is 14.5. The van der Waals surface area contributed by atoms with Crippen LogP contribution in [0.3, 0.4) is 0 Å². The fraction of sp³-hybridized carbons (Fsp3) is 0.579. The molecule has 5 nitrogen and oxygen atoms in total. The predicted octanol–water partition coefficient (Wildman–Crippen LogP) is 2.16. The van der Waals surface area contributed by atoms with Gasteiger partial charge in [-0.25, -0.2) is 4.39 Å². The Hall–Kier alpha value is -1.95. The number of amides is 2. The zero-order chi connectivity index (χ0) is 17.7. The number of carbonyl (C=O) groups is 2. The lowest BCUT2D eigenvalue weighted by molar-refractivity contribution is -0.150. The molecule has 25 heavy (non-hydrogen) atoms. The van der Waals surface area contributed by atoms with Crippen molar-refractivity contribution >= 4 is 11.8 Å². The molecule has 2 aliphatic rings. The Labute approximate surface area is 147 Å². The third-order valence-corrected chi connectivity index (χ3v) is 5.02. The Morgan fingerprint density at radius 2 is 1.64 bits per heavy atom. The first-order valence-electron chi connectivity index (χ1n) is 8.96. The summed E-state index contributed by atoms with van der Waals surface area (Å²) in [7, 11) is 0. The summed E-state index contributed by atoms with van der Waals surface area (Å²) in [5.41, 5.74) is -0.806. The van der Waals surface area contributed by atoms with Gasteiger partial charge in [-0.15, -0.1) is 0 Å². The van der Waals surface area contributed by atoms with Gasteiger partial charge < -0.3 is 14.5 Å². The monoisotopic (exact) mass is 348 g/mol. The number of benzene rings is 1. The van der Waals surface area contributed by atoms with Gasteiger partial charge in [0.05, 0.1) is 6.61 Å². The first-order valence-corrected chi connectivity index (χ1v) is 8.96. The van der Waals surface area contributed by atoms with E-state index >= 15 is 0 Å². The van der Waals surface area contributed by atoms with Crippen molar-refractivity contribution in [2.75, 3.05) is 32.8 Å². The van der Waals surface area contributed by atoms with Crippen molar-refractivity contribution in [1.29, 1.82) is 0 Å². The summed E-state index contributed by atoms with van der Waals surface area (Å²) in [4.78, 5) is 27.8. The summed E-state index contributed by atoms with van der Waals surface area (Å²) in [5.74, 6) is -0.538. The highest BCUT2D eigenvalue weighted by molar-refractivity contribution is 5.86. The molecule has 0 radical (unpaired) electrons. The maximum Gasteiger partial charge on any atom is 0.260 e. The van der Waals surface area contributed by atoms with Crippen molar-refractivity contribution in [3.8, 4) is 0 Å². The number of piperidine rings is 1. The maximum absolute atomic E-state index is 15.0. The molecule has 0 unspecified atom stereocenters. The average Bonchev–Trinajstić information content (AvgIpc) is 3.17. The van der Waals surface area contributed by atoms with Crippen LogP contribution in [0.2, 0.25) is 0 Å². The van der Waals surface area contributed by atoms with Crippen LogP contribution in [0, 0.1) is 0 Å². The lowest BCUT2D eigenvalue weighted by Gasteiger charge is -2.37. The molecule has 0 spiro atoms. The van der Waals surface area contributed by atoms with Crippen molar-refractivity contribution < 1.29 is 18.7 Å². The molecular formula is C19H25FN2O3. The van der Waals surface area contributed by atoms with Gasteiger partial charge in [-0.2, -0.15) is 0 Å². The molecule has 2 amide bonds. The number of likely N-dealkylation sites (tertiary alicyclic amines) is 2. The van der Waals surface area contributed by atoms with Crippen molar-refractivity contribution in [1.82, 2.24) is 9.80 Å². The topological polar surface area (TPSA) is 49.9 Å².